The summed E-state index contributed by atoms with van der Waals surface area (Å²) in [7, 11) is 0. The number of aryl methyl sites for hydroxylation is 2. The Balaban J connectivity index is 1.49. The molecule has 0 atom stereocenters. The van der Waals surface area contributed by atoms with Crippen molar-refractivity contribution in [2.24, 2.45) is 0 Å². The predicted octanol–water partition coefficient (Wildman–Crippen LogP) is 5.17. The summed E-state index contributed by atoms with van der Waals surface area (Å²) in [6.45, 7) is 5.73. The lowest BCUT2D eigenvalue weighted by Gasteiger charge is -2.16. The highest BCUT2D eigenvalue weighted by Gasteiger charge is 2.39. The van der Waals surface area contributed by atoms with E-state index in [-0.39, 0.29) is 34.5 Å². The molecule has 0 bridgehead atoms. The quantitative estimate of drug-likeness (QED) is 0.331. The zero-order chi connectivity index (χ0) is 26.7. The molecular weight excluding hydrogens is 494 g/mol. The standard InChI is InChI=1S/C28H24ClN3O5/c1-4-37-28(36)19-6-5-7-21(15-19)32-26(34)23(29)24(27(32)35)30-20-12-10-18(11-13-20)25(33)31-22-14-16(2)8-9-17(22)3/h5-15,30H,4H2,1-3H3,(H,31,33). The lowest BCUT2D eigenvalue weighted by Crippen LogP contribution is -2.32. The Hall–Kier alpha value is -4.43. The van der Waals surface area contributed by atoms with E-state index in [0.717, 1.165) is 21.7 Å². The average molecular weight is 518 g/mol. The number of nitrogens with one attached hydrogen (secondary N) is 2. The SMILES string of the molecule is CCOC(=O)c1cccc(N2C(=O)C(Cl)=C(Nc3ccc(C(=O)Nc4cc(C)ccc4C)cc3)C2=O)c1. The number of ether oxygens (including phenoxy) is 1. The van der Waals surface area contributed by atoms with Crippen molar-refractivity contribution in [2.45, 2.75) is 20.8 Å². The van der Waals surface area contributed by atoms with Crippen LogP contribution in [0.3, 0.4) is 0 Å². The van der Waals surface area contributed by atoms with Crippen LogP contribution in [-0.4, -0.2) is 30.3 Å². The summed E-state index contributed by atoms with van der Waals surface area (Å²) in [4.78, 5) is 51.5. The van der Waals surface area contributed by atoms with Gasteiger partial charge < -0.3 is 15.4 Å². The molecule has 2 N–H and O–H groups in total. The highest BCUT2D eigenvalue weighted by molar-refractivity contribution is 6.53. The van der Waals surface area contributed by atoms with Crippen LogP contribution < -0.4 is 15.5 Å². The second-order valence-corrected chi connectivity index (χ2v) is 8.76. The second kappa shape index (κ2) is 10.7. The molecule has 0 spiro atoms. The fourth-order valence-corrected chi connectivity index (χ4v) is 3.96. The normalized spacial score (nSPS) is 13.1. The molecular formula is C28H24ClN3O5. The summed E-state index contributed by atoms with van der Waals surface area (Å²) in [5, 5.41) is 5.48. The summed E-state index contributed by atoms with van der Waals surface area (Å²) < 4.78 is 4.99. The molecule has 188 valence electrons. The number of amides is 3. The predicted molar refractivity (Wildman–Crippen MR) is 142 cm³/mol. The van der Waals surface area contributed by atoms with Crippen LogP contribution in [0.25, 0.3) is 0 Å². The van der Waals surface area contributed by atoms with Crippen LogP contribution in [0, 0.1) is 13.8 Å². The summed E-state index contributed by atoms with van der Waals surface area (Å²) >= 11 is 6.22. The van der Waals surface area contributed by atoms with E-state index in [9.17, 15) is 19.2 Å². The van der Waals surface area contributed by atoms with Crippen LogP contribution >= 0.6 is 11.6 Å². The first-order valence-corrected chi connectivity index (χ1v) is 11.9. The molecule has 0 aromatic heterocycles. The van der Waals surface area contributed by atoms with Gasteiger partial charge in [-0.3, -0.25) is 14.4 Å². The Kier molecular flexibility index (Phi) is 7.40. The Bertz CT molecular complexity index is 1450. The highest BCUT2D eigenvalue weighted by Crippen LogP contribution is 2.31. The molecule has 0 fully saturated rings. The summed E-state index contributed by atoms with van der Waals surface area (Å²) in [6, 6.07) is 18.2. The van der Waals surface area contributed by atoms with Gasteiger partial charge in [-0.1, -0.05) is 29.8 Å². The molecule has 3 aromatic carbocycles. The minimum Gasteiger partial charge on any atom is -0.462 e. The maximum atomic E-state index is 13.1. The van der Waals surface area contributed by atoms with Crippen molar-refractivity contribution in [1.29, 1.82) is 0 Å². The van der Waals surface area contributed by atoms with Gasteiger partial charge in [0.25, 0.3) is 17.7 Å². The lowest BCUT2D eigenvalue weighted by atomic mass is 10.1. The smallest absolute Gasteiger partial charge is 0.338 e. The zero-order valence-corrected chi connectivity index (χ0v) is 21.2. The lowest BCUT2D eigenvalue weighted by molar-refractivity contribution is -0.120. The van der Waals surface area contributed by atoms with Gasteiger partial charge in [0.05, 0.1) is 17.9 Å². The number of hydrogen-bond acceptors (Lipinski definition) is 6. The monoisotopic (exact) mass is 517 g/mol. The fourth-order valence-electron chi connectivity index (χ4n) is 3.75. The number of hydrogen-bond donors (Lipinski definition) is 2. The first-order chi connectivity index (χ1) is 17.7. The molecule has 9 heteroatoms. The molecule has 1 aliphatic heterocycles. The Morgan fingerprint density at radius 3 is 2.35 bits per heavy atom. The summed E-state index contributed by atoms with van der Waals surface area (Å²) in [6.07, 6.45) is 0. The van der Waals surface area contributed by atoms with Crippen LogP contribution in [-0.2, 0) is 14.3 Å². The van der Waals surface area contributed by atoms with Crippen LogP contribution in [0.5, 0.6) is 0 Å². The molecule has 4 rings (SSSR count). The van der Waals surface area contributed by atoms with E-state index >= 15 is 0 Å². The van der Waals surface area contributed by atoms with Crippen molar-refractivity contribution < 1.29 is 23.9 Å². The molecule has 0 saturated heterocycles. The maximum Gasteiger partial charge on any atom is 0.338 e. The number of rotatable bonds is 7. The van der Waals surface area contributed by atoms with E-state index in [4.69, 9.17) is 16.3 Å². The van der Waals surface area contributed by atoms with Crippen LogP contribution in [0.1, 0.15) is 38.8 Å². The Morgan fingerprint density at radius 1 is 0.919 bits per heavy atom. The van der Waals surface area contributed by atoms with E-state index in [1.165, 1.54) is 18.2 Å². The zero-order valence-electron chi connectivity index (χ0n) is 20.4. The molecule has 1 aliphatic rings. The average Bonchev–Trinajstić information content (AvgIpc) is 3.09. The van der Waals surface area contributed by atoms with E-state index in [1.807, 2.05) is 32.0 Å². The minimum atomic E-state index is -0.723. The third-order valence-electron chi connectivity index (χ3n) is 5.70. The number of esters is 1. The van der Waals surface area contributed by atoms with Crippen molar-refractivity contribution in [3.8, 4) is 0 Å². The molecule has 0 aliphatic carbocycles. The fraction of sp³-hybridized carbons (Fsp3) is 0.143. The van der Waals surface area contributed by atoms with Crippen molar-refractivity contribution in [3.63, 3.8) is 0 Å². The van der Waals surface area contributed by atoms with Crippen molar-refractivity contribution >= 4 is 52.4 Å². The van der Waals surface area contributed by atoms with Gasteiger partial charge in [-0.25, -0.2) is 9.69 Å². The van der Waals surface area contributed by atoms with E-state index in [1.54, 1.807) is 37.3 Å². The van der Waals surface area contributed by atoms with Crippen LogP contribution in [0.4, 0.5) is 17.1 Å². The topological polar surface area (TPSA) is 105 Å². The Morgan fingerprint density at radius 2 is 1.65 bits per heavy atom. The van der Waals surface area contributed by atoms with Gasteiger partial charge in [-0.2, -0.15) is 0 Å². The number of nitrogens with zero attached hydrogens (tertiary/aromatic N) is 1. The van der Waals surface area contributed by atoms with Gasteiger partial charge in [0.2, 0.25) is 0 Å². The van der Waals surface area contributed by atoms with Gasteiger partial charge in [-0.15, -0.1) is 0 Å². The van der Waals surface area contributed by atoms with Gasteiger partial charge in [0.15, 0.2) is 0 Å². The van der Waals surface area contributed by atoms with Crippen LogP contribution in [0.2, 0.25) is 0 Å². The van der Waals surface area contributed by atoms with Gasteiger partial charge in [0.1, 0.15) is 10.7 Å². The maximum absolute atomic E-state index is 13.1. The second-order valence-electron chi connectivity index (χ2n) is 8.38. The van der Waals surface area contributed by atoms with Crippen molar-refractivity contribution in [1.82, 2.24) is 0 Å². The minimum absolute atomic E-state index is 0.110. The van der Waals surface area contributed by atoms with Gasteiger partial charge in [-0.05, 0) is 80.4 Å². The van der Waals surface area contributed by atoms with Crippen LogP contribution in [0.15, 0.2) is 77.5 Å². The number of anilines is 3. The first-order valence-electron chi connectivity index (χ1n) is 11.5. The summed E-state index contributed by atoms with van der Waals surface area (Å²) in [5.41, 5.74) is 3.86. The molecule has 8 nitrogen and oxygen atoms in total. The van der Waals surface area contributed by atoms with Gasteiger partial charge in [0, 0.05) is 16.9 Å². The Labute approximate surface area is 218 Å². The third kappa shape index (κ3) is 5.39. The molecule has 37 heavy (non-hydrogen) atoms. The number of benzene rings is 3. The van der Waals surface area contributed by atoms with E-state index < -0.39 is 17.8 Å². The van der Waals surface area contributed by atoms with Crippen molar-refractivity contribution in [3.05, 3.63) is 99.7 Å². The molecule has 3 aromatic rings. The highest BCUT2D eigenvalue weighted by atomic mass is 35.5. The number of carbonyl (C=O) groups excluding carboxylic acids is 4. The first kappa shape index (κ1) is 25.7. The van der Waals surface area contributed by atoms with Gasteiger partial charge >= 0.3 is 5.97 Å². The molecule has 1 heterocycles. The summed E-state index contributed by atoms with van der Waals surface area (Å²) in [5.74, 6) is -2.24. The molecule has 0 radical (unpaired) electrons. The van der Waals surface area contributed by atoms with E-state index in [2.05, 4.69) is 10.6 Å². The molecule has 0 unspecified atom stereocenters. The third-order valence-corrected chi connectivity index (χ3v) is 6.05. The number of carbonyl (C=O) groups is 4. The molecule has 0 saturated carbocycles. The largest absolute Gasteiger partial charge is 0.462 e. The number of halogens is 1. The number of imide groups is 1. The van der Waals surface area contributed by atoms with E-state index in [0.29, 0.717) is 11.3 Å². The van der Waals surface area contributed by atoms with Crippen molar-refractivity contribution in [2.75, 3.05) is 22.1 Å². The molecule has 3 amide bonds.